The topological polar surface area (TPSA) is 60.6 Å². The van der Waals surface area contributed by atoms with Crippen LogP contribution in [0.5, 0.6) is 0 Å². The number of anilines is 1. The Morgan fingerprint density at radius 3 is 2.63 bits per heavy atom. The Bertz CT molecular complexity index is 453. The number of pyridine rings is 1. The highest BCUT2D eigenvalue weighted by Gasteiger charge is 2.40. The molecule has 2 saturated heterocycles. The van der Waals surface area contributed by atoms with Crippen LogP contribution in [0.3, 0.4) is 0 Å². The number of aromatic nitrogens is 1. The minimum Gasteiger partial charge on any atom is -0.355 e. The smallest absolute Gasteiger partial charge is 0.171 e. The zero-order valence-corrected chi connectivity index (χ0v) is 11.5. The summed E-state index contributed by atoms with van der Waals surface area (Å²) in [5.74, 6) is 0.450. The lowest BCUT2D eigenvalue weighted by Gasteiger charge is -2.38. The zero-order chi connectivity index (χ0) is 13.3. The van der Waals surface area contributed by atoms with Crippen molar-refractivity contribution in [2.75, 3.05) is 31.2 Å². The first-order chi connectivity index (χ1) is 9.24. The predicted octanol–water partition coefficient (Wildman–Crippen LogP) is 1.54. The number of hydrogen-bond donors (Lipinski definition) is 1. The Hall–Kier alpha value is -0.880. The summed E-state index contributed by atoms with van der Waals surface area (Å²) in [5.41, 5.74) is 6.60. The molecule has 6 heteroatoms. The highest BCUT2D eigenvalue weighted by Crippen LogP contribution is 2.35. The minimum absolute atomic E-state index is 0.367. The molecule has 0 saturated carbocycles. The SMILES string of the molecule is NCc1ccnc(N2CCC3(CC2)OCCO3)c1Cl. The maximum absolute atomic E-state index is 6.35. The van der Waals surface area contributed by atoms with Crippen molar-refractivity contribution in [3.63, 3.8) is 0 Å². The maximum atomic E-state index is 6.35. The molecule has 3 rings (SSSR count). The Kier molecular flexibility index (Phi) is 3.62. The van der Waals surface area contributed by atoms with E-state index in [1.54, 1.807) is 6.20 Å². The first-order valence-electron chi connectivity index (χ1n) is 6.60. The van der Waals surface area contributed by atoms with Gasteiger partial charge in [0.1, 0.15) is 5.82 Å². The van der Waals surface area contributed by atoms with Gasteiger partial charge in [-0.15, -0.1) is 0 Å². The standard InChI is InChI=1S/C13H18ClN3O2/c14-11-10(9-15)1-4-16-12(11)17-5-2-13(3-6-17)18-7-8-19-13/h1,4H,2-3,5-9,15H2. The van der Waals surface area contributed by atoms with Crippen LogP contribution in [0.1, 0.15) is 18.4 Å². The number of rotatable bonds is 2. The molecular formula is C13H18ClN3O2. The monoisotopic (exact) mass is 283 g/mol. The first-order valence-corrected chi connectivity index (χ1v) is 6.98. The number of ether oxygens (including phenoxy) is 2. The lowest BCUT2D eigenvalue weighted by molar-refractivity contribution is -0.169. The van der Waals surface area contributed by atoms with E-state index in [9.17, 15) is 0 Å². The summed E-state index contributed by atoms with van der Waals surface area (Å²) < 4.78 is 11.4. The van der Waals surface area contributed by atoms with E-state index in [4.69, 9.17) is 26.8 Å². The quantitative estimate of drug-likeness (QED) is 0.892. The molecular weight excluding hydrogens is 266 g/mol. The van der Waals surface area contributed by atoms with Crippen molar-refractivity contribution in [3.05, 3.63) is 22.8 Å². The number of nitrogens with zero attached hydrogens (tertiary/aromatic N) is 2. The third kappa shape index (κ3) is 2.43. The van der Waals surface area contributed by atoms with E-state index in [0.717, 1.165) is 37.3 Å². The second-order valence-electron chi connectivity index (χ2n) is 4.91. The summed E-state index contributed by atoms with van der Waals surface area (Å²) in [5, 5.41) is 0.661. The summed E-state index contributed by atoms with van der Waals surface area (Å²) >= 11 is 6.35. The lowest BCUT2D eigenvalue weighted by atomic mass is 10.0. The van der Waals surface area contributed by atoms with Gasteiger partial charge >= 0.3 is 0 Å². The maximum Gasteiger partial charge on any atom is 0.171 e. The average molecular weight is 284 g/mol. The lowest BCUT2D eigenvalue weighted by Crippen LogP contribution is -2.45. The fourth-order valence-electron chi connectivity index (χ4n) is 2.69. The molecule has 1 aromatic rings. The molecule has 1 spiro atoms. The van der Waals surface area contributed by atoms with Crippen molar-refractivity contribution >= 4 is 17.4 Å². The highest BCUT2D eigenvalue weighted by molar-refractivity contribution is 6.33. The van der Waals surface area contributed by atoms with Gasteiger partial charge in [0.15, 0.2) is 5.79 Å². The van der Waals surface area contributed by atoms with Gasteiger partial charge in [-0.3, -0.25) is 0 Å². The molecule has 0 aliphatic carbocycles. The van der Waals surface area contributed by atoms with Crippen LogP contribution in [-0.4, -0.2) is 37.1 Å². The molecule has 2 N–H and O–H groups in total. The Morgan fingerprint density at radius 1 is 1.32 bits per heavy atom. The van der Waals surface area contributed by atoms with Gasteiger partial charge in [-0.25, -0.2) is 4.98 Å². The van der Waals surface area contributed by atoms with Gasteiger partial charge in [0.05, 0.1) is 18.2 Å². The summed E-state index contributed by atoms with van der Waals surface area (Å²) in [4.78, 5) is 6.56. The van der Waals surface area contributed by atoms with Crippen molar-refractivity contribution in [1.82, 2.24) is 4.98 Å². The van der Waals surface area contributed by atoms with Crippen LogP contribution >= 0.6 is 11.6 Å². The second-order valence-corrected chi connectivity index (χ2v) is 5.28. The molecule has 1 aromatic heterocycles. The predicted molar refractivity (Wildman–Crippen MR) is 73.2 cm³/mol. The van der Waals surface area contributed by atoms with Crippen LogP contribution in [0, 0.1) is 0 Å². The summed E-state index contributed by atoms with van der Waals surface area (Å²) in [6, 6.07) is 1.86. The molecule has 2 aliphatic heterocycles. The van der Waals surface area contributed by atoms with Crippen molar-refractivity contribution in [1.29, 1.82) is 0 Å². The van der Waals surface area contributed by atoms with Crippen LogP contribution in [-0.2, 0) is 16.0 Å². The Morgan fingerprint density at radius 2 is 2.00 bits per heavy atom. The van der Waals surface area contributed by atoms with Crippen LogP contribution in [0.2, 0.25) is 5.02 Å². The van der Waals surface area contributed by atoms with E-state index in [2.05, 4.69) is 9.88 Å². The van der Waals surface area contributed by atoms with Gasteiger partial charge in [0.2, 0.25) is 0 Å². The molecule has 5 nitrogen and oxygen atoms in total. The van der Waals surface area contributed by atoms with E-state index >= 15 is 0 Å². The molecule has 3 heterocycles. The third-order valence-electron chi connectivity index (χ3n) is 3.81. The van der Waals surface area contributed by atoms with Crippen molar-refractivity contribution in [2.24, 2.45) is 5.73 Å². The molecule has 2 aliphatic rings. The highest BCUT2D eigenvalue weighted by atomic mass is 35.5. The molecule has 0 radical (unpaired) electrons. The van der Waals surface area contributed by atoms with E-state index in [1.807, 2.05) is 6.07 Å². The molecule has 19 heavy (non-hydrogen) atoms. The molecule has 0 aromatic carbocycles. The van der Waals surface area contributed by atoms with Gasteiger partial charge in [0.25, 0.3) is 0 Å². The van der Waals surface area contributed by atoms with Crippen LogP contribution < -0.4 is 10.6 Å². The van der Waals surface area contributed by atoms with E-state index < -0.39 is 0 Å². The number of hydrogen-bond acceptors (Lipinski definition) is 5. The Balaban J connectivity index is 1.74. The van der Waals surface area contributed by atoms with E-state index in [1.165, 1.54) is 0 Å². The van der Waals surface area contributed by atoms with Gasteiger partial charge in [-0.2, -0.15) is 0 Å². The van der Waals surface area contributed by atoms with Gasteiger partial charge in [0, 0.05) is 38.7 Å². The van der Waals surface area contributed by atoms with E-state index in [-0.39, 0.29) is 5.79 Å². The van der Waals surface area contributed by atoms with Crippen molar-refractivity contribution in [2.45, 2.75) is 25.2 Å². The van der Waals surface area contributed by atoms with Crippen molar-refractivity contribution in [3.8, 4) is 0 Å². The molecule has 2 fully saturated rings. The van der Waals surface area contributed by atoms with Crippen LogP contribution in [0.4, 0.5) is 5.82 Å². The Labute approximate surface area is 117 Å². The van der Waals surface area contributed by atoms with Crippen LogP contribution in [0.25, 0.3) is 0 Å². The van der Waals surface area contributed by atoms with Crippen molar-refractivity contribution < 1.29 is 9.47 Å². The largest absolute Gasteiger partial charge is 0.355 e. The first kappa shape index (κ1) is 13.1. The number of piperidine rings is 1. The van der Waals surface area contributed by atoms with Gasteiger partial charge in [-0.1, -0.05) is 11.6 Å². The summed E-state index contributed by atoms with van der Waals surface area (Å²) in [6.07, 6.45) is 3.45. The normalized spacial score (nSPS) is 22.1. The average Bonchev–Trinajstić information content (AvgIpc) is 2.89. The minimum atomic E-state index is -0.367. The fourth-order valence-corrected chi connectivity index (χ4v) is 3.00. The summed E-state index contributed by atoms with van der Waals surface area (Å²) in [7, 11) is 0. The van der Waals surface area contributed by atoms with Gasteiger partial charge < -0.3 is 20.1 Å². The molecule has 104 valence electrons. The number of halogens is 1. The van der Waals surface area contributed by atoms with Gasteiger partial charge in [-0.05, 0) is 11.6 Å². The molecule has 0 atom stereocenters. The number of nitrogens with two attached hydrogens (primary N) is 1. The molecule has 0 amide bonds. The summed E-state index contributed by atoms with van der Waals surface area (Å²) in [6.45, 7) is 3.49. The fraction of sp³-hybridized carbons (Fsp3) is 0.615. The van der Waals surface area contributed by atoms with Crippen LogP contribution in [0.15, 0.2) is 12.3 Å². The molecule has 0 unspecified atom stereocenters. The van der Waals surface area contributed by atoms with E-state index in [0.29, 0.717) is 24.8 Å². The third-order valence-corrected chi connectivity index (χ3v) is 4.22. The second kappa shape index (κ2) is 5.25. The molecule has 0 bridgehead atoms. The zero-order valence-electron chi connectivity index (χ0n) is 10.8.